The Kier molecular flexibility index (Phi) is 5.12. The Morgan fingerprint density at radius 2 is 1.79 bits per heavy atom. The number of hydrogen-bond donors (Lipinski definition) is 2. The molecule has 0 spiro atoms. The van der Waals surface area contributed by atoms with Gasteiger partial charge in [0.1, 0.15) is 0 Å². The van der Waals surface area contributed by atoms with Gasteiger partial charge in [-0.05, 0) is 43.6 Å². The van der Waals surface area contributed by atoms with Gasteiger partial charge in [-0.15, -0.1) is 12.4 Å². The Morgan fingerprint density at radius 3 is 2.32 bits per heavy atom. The second-order valence-corrected chi connectivity index (χ2v) is 4.88. The van der Waals surface area contributed by atoms with Crippen LogP contribution in [0.3, 0.4) is 0 Å². The third-order valence-corrected chi connectivity index (χ3v) is 3.57. The average Bonchev–Trinajstić information content (AvgIpc) is 2.28. The molecule has 1 aromatic rings. The van der Waals surface area contributed by atoms with E-state index in [1.165, 1.54) is 12.1 Å². The molecule has 0 bridgehead atoms. The summed E-state index contributed by atoms with van der Waals surface area (Å²) in [5, 5.41) is 13.1. The zero-order valence-electron chi connectivity index (χ0n) is 9.93. The molecule has 0 aliphatic carbocycles. The van der Waals surface area contributed by atoms with Gasteiger partial charge >= 0.3 is 6.18 Å². The van der Waals surface area contributed by atoms with E-state index in [1.807, 2.05) is 0 Å². The largest absolute Gasteiger partial charge is 0.417 e. The van der Waals surface area contributed by atoms with Crippen LogP contribution in [0, 0.1) is 0 Å². The maximum Gasteiger partial charge on any atom is 0.417 e. The number of nitrogens with one attached hydrogen (secondary N) is 1. The molecule has 0 radical (unpaired) electrons. The summed E-state index contributed by atoms with van der Waals surface area (Å²) in [6.07, 6.45) is -3.71. The van der Waals surface area contributed by atoms with E-state index in [2.05, 4.69) is 5.32 Å². The van der Waals surface area contributed by atoms with Crippen molar-refractivity contribution in [3.8, 4) is 0 Å². The van der Waals surface area contributed by atoms with E-state index in [9.17, 15) is 18.3 Å². The van der Waals surface area contributed by atoms with Crippen LogP contribution in [0.25, 0.3) is 0 Å². The topological polar surface area (TPSA) is 32.3 Å². The van der Waals surface area contributed by atoms with Crippen LogP contribution in [0.15, 0.2) is 18.2 Å². The molecule has 1 saturated heterocycles. The van der Waals surface area contributed by atoms with Crippen LogP contribution in [0.2, 0.25) is 5.02 Å². The molecule has 19 heavy (non-hydrogen) atoms. The Bertz CT molecular complexity index is 445. The first-order valence-corrected chi connectivity index (χ1v) is 6.01. The number of halogens is 5. The number of piperidine rings is 1. The predicted molar refractivity (Wildman–Crippen MR) is 69.7 cm³/mol. The normalized spacial score (nSPS) is 18.8. The molecule has 2 nitrogen and oxygen atoms in total. The van der Waals surface area contributed by atoms with Gasteiger partial charge in [-0.1, -0.05) is 17.7 Å². The summed E-state index contributed by atoms with van der Waals surface area (Å²) in [5.74, 6) is 0. The zero-order valence-corrected chi connectivity index (χ0v) is 11.5. The van der Waals surface area contributed by atoms with E-state index >= 15 is 0 Å². The van der Waals surface area contributed by atoms with Crippen molar-refractivity contribution in [3.63, 3.8) is 0 Å². The predicted octanol–water partition coefficient (Wildman–Crippen LogP) is 3.35. The van der Waals surface area contributed by atoms with Crippen molar-refractivity contribution in [2.24, 2.45) is 0 Å². The highest BCUT2D eigenvalue weighted by Crippen LogP contribution is 2.39. The summed E-state index contributed by atoms with van der Waals surface area (Å²) in [7, 11) is 0. The SMILES string of the molecule is Cl.OC1(c2ccc(Cl)c(C(F)(F)F)c2)CCNCC1. The monoisotopic (exact) mass is 315 g/mol. The number of benzene rings is 1. The van der Waals surface area contributed by atoms with Crippen LogP contribution >= 0.6 is 24.0 Å². The van der Waals surface area contributed by atoms with Crippen LogP contribution in [0.5, 0.6) is 0 Å². The summed E-state index contributed by atoms with van der Waals surface area (Å²) in [5.41, 5.74) is -1.81. The van der Waals surface area contributed by atoms with Gasteiger partial charge < -0.3 is 10.4 Å². The van der Waals surface area contributed by atoms with Crippen LogP contribution in [0.1, 0.15) is 24.0 Å². The molecule has 0 unspecified atom stereocenters. The van der Waals surface area contributed by atoms with Gasteiger partial charge in [0.15, 0.2) is 0 Å². The molecule has 0 amide bonds. The van der Waals surface area contributed by atoms with Crippen LogP contribution in [0.4, 0.5) is 13.2 Å². The highest BCUT2D eigenvalue weighted by molar-refractivity contribution is 6.31. The molecule has 0 saturated carbocycles. The summed E-state index contributed by atoms with van der Waals surface area (Å²) < 4.78 is 38.2. The molecular weight excluding hydrogens is 302 g/mol. The minimum Gasteiger partial charge on any atom is -0.385 e. The van der Waals surface area contributed by atoms with Gasteiger partial charge in [-0.2, -0.15) is 13.2 Å². The summed E-state index contributed by atoms with van der Waals surface area (Å²) in [6.45, 7) is 1.17. The van der Waals surface area contributed by atoms with E-state index in [0.29, 0.717) is 25.9 Å². The molecule has 1 fully saturated rings. The summed E-state index contributed by atoms with van der Waals surface area (Å²) in [4.78, 5) is 0. The summed E-state index contributed by atoms with van der Waals surface area (Å²) in [6, 6.07) is 3.61. The number of rotatable bonds is 1. The van der Waals surface area contributed by atoms with E-state index in [0.717, 1.165) is 6.07 Å². The Morgan fingerprint density at radius 1 is 1.21 bits per heavy atom. The first kappa shape index (κ1) is 16.6. The third kappa shape index (κ3) is 3.54. The lowest BCUT2D eigenvalue weighted by atomic mass is 9.84. The molecule has 2 rings (SSSR count). The van der Waals surface area contributed by atoms with Crippen molar-refractivity contribution in [3.05, 3.63) is 34.3 Å². The highest BCUT2D eigenvalue weighted by atomic mass is 35.5. The lowest BCUT2D eigenvalue weighted by Gasteiger charge is -2.33. The van der Waals surface area contributed by atoms with Crippen molar-refractivity contribution in [2.45, 2.75) is 24.6 Å². The molecule has 0 aromatic heterocycles. The molecule has 1 aromatic carbocycles. The van der Waals surface area contributed by atoms with Gasteiger partial charge in [0.2, 0.25) is 0 Å². The second kappa shape index (κ2) is 5.87. The van der Waals surface area contributed by atoms with Crippen LogP contribution in [-0.4, -0.2) is 18.2 Å². The minimum absolute atomic E-state index is 0. The lowest BCUT2D eigenvalue weighted by molar-refractivity contribution is -0.137. The van der Waals surface area contributed by atoms with Gasteiger partial charge in [0.05, 0.1) is 16.2 Å². The standard InChI is InChI=1S/C12H13ClF3NO.ClH/c13-10-2-1-8(7-9(10)12(14,15)16)11(18)3-5-17-6-4-11;/h1-2,7,17-18H,3-6H2;1H. The van der Waals surface area contributed by atoms with Crippen LogP contribution in [-0.2, 0) is 11.8 Å². The molecule has 7 heteroatoms. The minimum atomic E-state index is -4.50. The quantitative estimate of drug-likeness (QED) is 0.833. The fraction of sp³-hybridized carbons (Fsp3) is 0.500. The summed E-state index contributed by atoms with van der Waals surface area (Å²) >= 11 is 5.55. The second-order valence-electron chi connectivity index (χ2n) is 4.47. The first-order valence-electron chi connectivity index (χ1n) is 5.63. The van der Waals surface area contributed by atoms with Gasteiger partial charge in [0.25, 0.3) is 0 Å². The third-order valence-electron chi connectivity index (χ3n) is 3.24. The molecule has 2 N–H and O–H groups in total. The molecule has 108 valence electrons. The van der Waals surface area contributed by atoms with Crippen molar-refractivity contribution in [2.75, 3.05) is 13.1 Å². The lowest BCUT2D eigenvalue weighted by Crippen LogP contribution is -2.39. The Hall–Kier alpha value is -0.490. The number of alkyl halides is 3. The van der Waals surface area contributed by atoms with E-state index in [4.69, 9.17) is 11.6 Å². The van der Waals surface area contributed by atoms with E-state index in [1.54, 1.807) is 0 Å². The van der Waals surface area contributed by atoms with E-state index < -0.39 is 17.3 Å². The zero-order chi connectivity index (χ0) is 13.4. The van der Waals surface area contributed by atoms with Gasteiger partial charge in [0, 0.05) is 0 Å². The van der Waals surface area contributed by atoms with Crippen molar-refractivity contribution >= 4 is 24.0 Å². The maximum atomic E-state index is 12.7. The smallest absolute Gasteiger partial charge is 0.385 e. The molecular formula is C12H14Cl2F3NO. The van der Waals surface area contributed by atoms with Gasteiger partial charge in [-0.25, -0.2) is 0 Å². The van der Waals surface area contributed by atoms with Crippen molar-refractivity contribution in [1.29, 1.82) is 0 Å². The molecule has 1 aliphatic rings. The van der Waals surface area contributed by atoms with Crippen molar-refractivity contribution < 1.29 is 18.3 Å². The number of aliphatic hydroxyl groups is 1. The molecule has 0 atom stereocenters. The molecule has 1 heterocycles. The van der Waals surface area contributed by atoms with Crippen molar-refractivity contribution in [1.82, 2.24) is 5.32 Å². The average molecular weight is 316 g/mol. The Balaban J connectivity index is 0.00000180. The maximum absolute atomic E-state index is 12.7. The van der Waals surface area contributed by atoms with E-state index in [-0.39, 0.29) is 23.0 Å². The number of hydrogen-bond acceptors (Lipinski definition) is 2. The highest BCUT2D eigenvalue weighted by Gasteiger charge is 2.37. The first-order chi connectivity index (χ1) is 8.33. The Labute approximate surface area is 120 Å². The molecule has 1 aliphatic heterocycles. The fourth-order valence-electron chi connectivity index (χ4n) is 2.16. The van der Waals surface area contributed by atoms with Gasteiger partial charge in [-0.3, -0.25) is 0 Å². The fourth-order valence-corrected chi connectivity index (χ4v) is 2.39. The van der Waals surface area contributed by atoms with Crippen LogP contribution < -0.4 is 5.32 Å².